The van der Waals surface area contributed by atoms with Crippen LogP contribution < -0.4 is 10.9 Å². The molecule has 4 rings (SSSR count). The number of H-pyrrole nitrogens is 1. The van der Waals surface area contributed by atoms with Gasteiger partial charge in [0.25, 0.3) is 5.91 Å². The molecule has 0 bridgehead atoms. The van der Waals surface area contributed by atoms with Crippen molar-refractivity contribution < 1.29 is 4.79 Å². The summed E-state index contributed by atoms with van der Waals surface area (Å²) in [5, 5.41) is 4.39. The highest BCUT2D eigenvalue weighted by Gasteiger charge is 2.13. The third-order valence-corrected chi connectivity index (χ3v) is 4.10. The van der Waals surface area contributed by atoms with Crippen molar-refractivity contribution in [1.82, 2.24) is 20.0 Å². The highest BCUT2D eigenvalue weighted by atomic mass is 16.2. The van der Waals surface area contributed by atoms with Gasteiger partial charge < -0.3 is 9.55 Å². The van der Waals surface area contributed by atoms with Crippen LogP contribution in [0.2, 0.25) is 0 Å². The van der Waals surface area contributed by atoms with Crippen molar-refractivity contribution in [3.05, 3.63) is 76.3 Å². The number of carbonyl (C=O) groups excluding carboxylic acids is 1. The molecule has 0 saturated heterocycles. The fraction of sp³-hybridized carbons (Fsp3) is 0.0526. The zero-order valence-corrected chi connectivity index (χ0v) is 13.9. The van der Waals surface area contributed by atoms with E-state index in [2.05, 4.69) is 20.5 Å². The number of rotatable bonds is 3. The minimum Gasteiger partial charge on any atom is -0.350 e. The lowest BCUT2D eigenvalue weighted by atomic mass is 10.1. The summed E-state index contributed by atoms with van der Waals surface area (Å²) in [6.07, 6.45) is 2.92. The van der Waals surface area contributed by atoms with Gasteiger partial charge in [-0.2, -0.15) is 5.10 Å². The fourth-order valence-electron chi connectivity index (χ4n) is 2.85. The maximum atomic E-state index is 12.5. The van der Waals surface area contributed by atoms with E-state index in [-0.39, 0.29) is 11.0 Å². The zero-order chi connectivity index (χ0) is 18.1. The Morgan fingerprint density at radius 1 is 1.19 bits per heavy atom. The number of imidazole rings is 1. The predicted octanol–water partition coefficient (Wildman–Crippen LogP) is 2.18. The van der Waals surface area contributed by atoms with E-state index in [1.807, 2.05) is 36.4 Å². The van der Waals surface area contributed by atoms with E-state index < -0.39 is 5.91 Å². The first kappa shape index (κ1) is 15.8. The summed E-state index contributed by atoms with van der Waals surface area (Å²) < 4.78 is 1.74. The molecule has 0 unspecified atom stereocenters. The van der Waals surface area contributed by atoms with Crippen LogP contribution in [-0.4, -0.2) is 26.7 Å². The molecule has 0 aliphatic heterocycles. The lowest BCUT2D eigenvalue weighted by Gasteiger charge is -2.07. The minimum absolute atomic E-state index is 0.0351. The molecule has 2 heterocycles. The van der Waals surface area contributed by atoms with Gasteiger partial charge in [-0.15, -0.1) is 0 Å². The Hall–Kier alpha value is -3.74. The number of hydrogen-bond acceptors (Lipinski definition) is 4. The number of hydrogen-bond donors (Lipinski definition) is 2. The molecular formula is C19H15N5O2. The normalized spacial score (nSPS) is 11.4. The third kappa shape index (κ3) is 2.75. The van der Waals surface area contributed by atoms with Gasteiger partial charge in [-0.25, -0.2) is 10.4 Å². The molecule has 7 nitrogen and oxygen atoms in total. The number of aryl methyl sites for hydroxylation is 1. The van der Waals surface area contributed by atoms with Gasteiger partial charge >= 0.3 is 0 Å². The number of nitrogens with one attached hydrogen (secondary N) is 2. The lowest BCUT2D eigenvalue weighted by molar-refractivity contribution is 0.0953. The van der Waals surface area contributed by atoms with E-state index in [4.69, 9.17) is 0 Å². The maximum absolute atomic E-state index is 12.5. The van der Waals surface area contributed by atoms with Crippen LogP contribution in [0.25, 0.3) is 21.9 Å². The van der Waals surface area contributed by atoms with Crippen LogP contribution in [0.3, 0.4) is 0 Å². The molecule has 2 aromatic carbocycles. The van der Waals surface area contributed by atoms with Crippen LogP contribution in [0.4, 0.5) is 0 Å². The SMILES string of the molecule is Cn1cc(C(=O)N/N=C/c2nc3ccccc3[nH]2)c(=O)c2ccccc21. The van der Waals surface area contributed by atoms with Crippen LogP contribution in [-0.2, 0) is 7.05 Å². The van der Waals surface area contributed by atoms with Crippen LogP contribution in [0.5, 0.6) is 0 Å². The van der Waals surface area contributed by atoms with Crippen molar-refractivity contribution in [2.45, 2.75) is 0 Å². The average molecular weight is 345 g/mol. The van der Waals surface area contributed by atoms with E-state index >= 15 is 0 Å². The van der Waals surface area contributed by atoms with Gasteiger partial charge in [-0.1, -0.05) is 24.3 Å². The first-order valence-corrected chi connectivity index (χ1v) is 8.00. The molecule has 2 N–H and O–H groups in total. The number of hydrazone groups is 1. The van der Waals surface area contributed by atoms with E-state index in [1.54, 1.807) is 23.7 Å². The van der Waals surface area contributed by atoms with Crippen molar-refractivity contribution in [1.29, 1.82) is 0 Å². The van der Waals surface area contributed by atoms with E-state index in [0.29, 0.717) is 11.2 Å². The predicted molar refractivity (Wildman–Crippen MR) is 100 cm³/mol. The second kappa shape index (κ2) is 6.29. The molecule has 128 valence electrons. The van der Waals surface area contributed by atoms with Crippen molar-refractivity contribution >= 4 is 34.1 Å². The molecule has 4 aromatic rings. The van der Waals surface area contributed by atoms with Gasteiger partial charge in [0.05, 0.1) is 22.8 Å². The van der Waals surface area contributed by atoms with E-state index in [1.165, 1.54) is 12.4 Å². The second-order valence-electron chi connectivity index (χ2n) is 5.84. The Kier molecular flexibility index (Phi) is 3.81. The number of carbonyl (C=O) groups is 1. The van der Waals surface area contributed by atoms with Crippen molar-refractivity contribution in [2.24, 2.45) is 12.1 Å². The molecular weight excluding hydrogens is 330 g/mol. The smallest absolute Gasteiger partial charge is 0.276 e. The monoisotopic (exact) mass is 345 g/mol. The van der Waals surface area contributed by atoms with Gasteiger partial charge in [0.15, 0.2) is 5.82 Å². The Morgan fingerprint density at radius 2 is 1.96 bits per heavy atom. The Balaban J connectivity index is 1.59. The number of nitrogens with zero attached hydrogens (tertiary/aromatic N) is 3. The summed E-state index contributed by atoms with van der Waals surface area (Å²) in [5.41, 5.74) is 4.54. The molecule has 2 aromatic heterocycles. The van der Waals surface area contributed by atoms with Crippen molar-refractivity contribution in [3.63, 3.8) is 0 Å². The topological polar surface area (TPSA) is 92.1 Å². The number of para-hydroxylation sites is 3. The molecule has 0 atom stereocenters. The molecule has 0 spiro atoms. The molecule has 1 amide bonds. The van der Waals surface area contributed by atoms with Crippen LogP contribution in [0, 0.1) is 0 Å². The lowest BCUT2D eigenvalue weighted by Crippen LogP contribution is -2.26. The summed E-state index contributed by atoms with van der Waals surface area (Å²) >= 11 is 0. The summed E-state index contributed by atoms with van der Waals surface area (Å²) in [7, 11) is 1.79. The van der Waals surface area contributed by atoms with E-state index in [9.17, 15) is 9.59 Å². The standard InChI is InChI=1S/C19H15N5O2/c1-24-11-13(18(25)12-6-2-5-9-16(12)24)19(26)23-20-10-17-21-14-7-3-4-8-15(14)22-17/h2-11H,1H3,(H,21,22)(H,23,26)/b20-10+. The van der Waals surface area contributed by atoms with Gasteiger partial charge in [-0.05, 0) is 24.3 Å². The summed E-state index contributed by atoms with van der Waals surface area (Å²) in [4.78, 5) is 32.3. The first-order chi connectivity index (χ1) is 12.6. The minimum atomic E-state index is -0.566. The molecule has 26 heavy (non-hydrogen) atoms. The highest BCUT2D eigenvalue weighted by Crippen LogP contribution is 2.10. The largest absolute Gasteiger partial charge is 0.350 e. The van der Waals surface area contributed by atoms with E-state index in [0.717, 1.165) is 16.6 Å². The third-order valence-electron chi connectivity index (χ3n) is 4.10. The Bertz CT molecular complexity index is 1190. The number of fused-ring (bicyclic) bond motifs is 2. The van der Waals surface area contributed by atoms with Crippen molar-refractivity contribution in [2.75, 3.05) is 0 Å². The highest BCUT2D eigenvalue weighted by molar-refractivity contribution is 5.97. The number of benzene rings is 2. The Morgan fingerprint density at radius 3 is 2.81 bits per heavy atom. The number of pyridine rings is 1. The Labute approximate surface area is 148 Å². The number of aromatic amines is 1. The van der Waals surface area contributed by atoms with Gasteiger partial charge in [0.1, 0.15) is 5.56 Å². The molecule has 0 saturated carbocycles. The van der Waals surface area contributed by atoms with Gasteiger partial charge in [0.2, 0.25) is 5.43 Å². The summed E-state index contributed by atoms with van der Waals surface area (Å²) in [5.74, 6) is -0.0540. The number of aromatic nitrogens is 3. The maximum Gasteiger partial charge on any atom is 0.276 e. The summed E-state index contributed by atoms with van der Waals surface area (Å²) in [6.45, 7) is 0. The van der Waals surface area contributed by atoms with Crippen LogP contribution in [0.15, 0.2) is 64.6 Å². The molecule has 7 heteroatoms. The van der Waals surface area contributed by atoms with Crippen LogP contribution in [0.1, 0.15) is 16.2 Å². The molecule has 0 radical (unpaired) electrons. The molecule has 0 fully saturated rings. The van der Waals surface area contributed by atoms with Gasteiger partial charge in [0, 0.05) is 18.6 Å². The second-order valence-corrected chi connectivity index (χ2v) is 5.84. The molecule has 0 aliphatic rings. The number of amides is 1. The van der Waals surface area contributed by atoms with Crippen molar-refractivity contribution in [3.8, 4) is 0 Å². The summed E-state index contributed by atoms with van der Waals surface area (Å²) in [6, 6.07) is 14.7. The first-order valence-electron chi connectivity index (χ1n) is 8.00. The quantitative estimate of drug-likeness (QED) is 0.440. The zero-order valence-electron chi connectivity index (χ0n) is 13.9. The fourth-order valence-corrected chi connectivity index (χ4v) is 2.85. The average Bonchev–Trinajstić information content (AvgIpc) is 3.07. The van der Waals surface area contributed by atoms with Gasteiger partial charge in [-0.3, -0.25) is 9.59 Å². The van der Waals surface area contributed by atoms with Crippen LogP contribution >= 0.6 is 0 Å². The molecule has 0 aliphatic carbocycles.